The van der Waals surface area contributed by atoms with Crippen LogP contribution in [0.3, 0.4) is 0 Å². The first-order valence-corrected chi connectivity index (χ1v) is 43.2. The Morgan fingerprint density at radius 1 is 0.227 bits per heavy atom. The summed E-state index contributed by atoms with van der Waals surface area (Å²) in [4.78, 5) is 0. The fourth-order valence-electron chi connectivity index (χ4n) is 33.1. The van der Waals surface area contributed by atoms with Gasteiger partial charge in [0.05, 0.1) is 36.6 Å². The van der Waals surface area contributed by atoms with Crippen molar-refractivity contribution in [2.75, 3.05) is 0 Å². The van der Waals surface area contributed by atoms with Crippen LogP contribution in [0.2, 0.25) is 0 Å². The zero-order valence-corrected chi connectivity index (χ0v) is 60.2. The summed E-state index contributed by atoms with van der Waals surface area (Å²) < 4.78 is 18.6. The maximum Gasteiger partial charge on any atom is 0.0640 e. The molecule has 0 N–H and O–H groups in total. The standard InChI is InChI=1S/C21H30O.C18H26S.C13H20O.C11H20O.C11H18S.C8H14S/c1-8-3-10-11(4-8)13-6-12(10)17-14-7-15(18(13)17)20-19(14)16-5-9(2)21(20)22-16;1-7-3-9-5-10(7)15-12-6-11(14(9)15)17-16(12)13-4-8(2)18(17)19-13;1-6-3-8-5-9(6)12-10-4-7(2)13(14-10)11(8)12;1-8-3-6-11-10(7-8)5-4-9(2)12-11;1-6-3-8-9(4-6)11-7(2)5-10(8)12-11;1-5-3-8-6(2)4-7(5)9-8/h8-21H,3-7H2,1-2H3;7-18H,3-6H2,1-2H3;6-13H,3-5H2,1-2H3;8-11H,3-7H2,1-2H3;6-11H,3-5H2,1-2H3;5-8H,3-4H2,1-2H3. The molecule has 0 aromatic carbocycles. The highest BCUT2D eigenvalue weighted by molar-refractivity contribution is 8.01. The summed E-state index contributed by atoms with van der Waals surface area (Å²) in [6, 6.07) is 0. The second-order valence-electron chi connectivity index (χ2n) is 39.8. The largest absolute Gasteiger partial charge is 0.375 e. The van der Waals surface area contributed by atoms with Crippen LogP contribution in [0.1, 0.15) is 224 Å². The van der Waals surface area contributed by atoms with E-state index in [0.717, 1.165) is 203 Å². The van der Waals surface area contributed by atoms with E-state index in [9.17, 15) is 0 Å². The lowest BCUT2D eigenvalue weighted by Crippen LogP contribution is -2.47. The van der Waals surface area contributed by atoms with Gasteiger partial charge in [0.2, 0.25) is 0 Å². The normalized spacial score (nSPS) is 67.0. The summed E-state index contributed by atoms with van der Waals surface area (Å²) in [5.41, 5.74) is 0. The number of rotatable bonds is 0. The topological polar surface area (TPSA) is 27.7 Å². The molecular weight excluding hydrogens is 1130 g/mol. The highest BCUT2D eigenvalue weighted by atomic mass is 32.2. The average molecular weight is 1260 g/mol. The zero-order valence-electron chi connectivity index (χ0n) is 57.7. The van der Waals surface area contributed by atoms with Crippen LogP contribution in [0.25, 0.3) is 0 Å². The molecule has 0 aromatic heterocycles. The van der Waals surface area contributed by atoms with E-state index in [2.05, 4.69) is 118 Å². The first-order chi connectivity index (χ1) is 42.5. The number of ether oxygens (including phenoxy) is 3. The van der Waals surface area contributed by atoms with Gasteiger partial charge in [-0.1, -0.05) is 76.2 Å². The van der Waals surface area contributed by atoms with Gasteiger partial charge in [-0.25, -0.2) is 0 Å². The second-order valence-corrected chi connectivity index (χ2v) is 44.1. The van der Waals surface area contributed by atoms with Crippen molar-refractivity contribution in [1.82, 2.24) is 0 Å². The van der Waals surface area contributed by atoms with Crippen LogP contribution in [0.15, 0.2) is 0 Å². The van der Waals surface area contributed by atoms with E-state index in [1.54, 1.807) is 70.6 Å². The maximum absolute atomic E-state index is 6.50. The van der Waals surface area contributed by atoms with Gasteiger partial charge in [-0.2, -0.15) is 35.3 Å². The fraction of sp³-hybridized carbons (Fsp3) is 1.00. The lowest BCUT2D eigenvalue weighted by atomic mass is 9.56. The third-order valence-corrected chi connectivity index (χ3v) is 41.4. The average Bonchev–Trinajstić information content (AvgIpc) is 1.51. The van der Waals surface area contributed by atoms with E-state index < -0.39 is 0 Å². The first kappa shape index (κ1) is 60.1. The van der Waals surface area contributed by atoms with E-state index in [1.807, 2.05) is 0 Å². The van der Waals surface area contributed by atoms with Crippen molar-refractivity contribution >= 4 is 35.3 Å². The molecule has 88 heavy (non-hydrogen) atoms. The molecule has 20 bridgehead atoms. The molecule has 3 nitrogen and oxygen atoms in total. The van der Waals surface area contributed by atoms with Crippen LogP contribution in [-0.4, -0.2) is 68.1 Å². The minimum Gasteiger partial charge on any atom is -0.375 e. The molecule has 24 aliphatic rings. The Morgan fingerprint density at radius 2 is 0.739 bits per heavy atom. The molecule has 0 amide bonds. The van der Waals surface area contributed by atoms with Gasteiger partial charge in [0.25, 0.3) is 0 Å². The fourth-order valence-corrected chi connectivity index (χ4v) is 39.7. The highest BCUT2D eigenvalue weighted by Crippen LogP contribution is 2.80. The van der Waals surface area contributed by atoms with Gasteiger partial charge in [0, 0.05) is 31.5 Å². The van der Waals surface area contributed by atoms with Crippen LogP contribution >= 0.6 is 35.3 Å². The smallest absolute Gasteiger partial charge is 0.0640 e. The molecular formula is C82H128O3S3. The summed E-state index contributed by atoms with van der Waals surface area (Å²) in [6.45, 7) is 29.3. The predicted molar refractivity (Wildman–Crippen MR) is 367 cm³/mol. The number of hydrogen-bond donors (Lipinski definition) is 0. The number of fused-ring (bicyclic) bond motifs is 52. The predicted octanol–water partition coefficient (Wildman–Crippen LogP) is 19.9. The van der Waals surface area contributed by atoms with Crippen molar-refractivity contribution < 1.29 is 14.2 Å². The molecule has 48 unspecified atom stereocenters. The number of hydrogen-bond acceptors (Lipinski definition) is 6. The highest BCUT2D eigenvalue weighted by Gasteiger charge is 2.76. The molecule has 492 valence electrons. The molecule has 13 aliphatic carbocycles. The molecule has 24 rings (SSSR count). The Bertz CT molecular complexity index is 2480. The molecule has 11 saturated heterocycles. The van der Waals surface area contributed by atoms with Crippen molar-refractivity contribution in [2.24, 2.45) is 213 Å². The van der Waals surface area contributed by atoms with Crippen LogP contribution < -0.4 is 0 Å². The Balaban J connectivity index is 0.0000000786. The Hall–Kier alpha value is 0.930. The van der Waals surface area contributed by atoms with Crippen molar-refractivity contribution in [3.8, 4) is 0 Å². The van der Waals surface area contributed by atoms with E-state index in [4.69, 9.17) is 14.2 Å². The van der Waals surface area contributed by atoms with Crippen molar-refractivity contribution in [1.29, 1.82) is 0 Å². The minimum atomic E-state index is 0.527. The third-order valence-electron chi connectivity index (χ3n) is 35.4. The molecule has 48 atom stereocenters. The van der Waals surface area contributed by atoms with Gasteiger partial charge in [0.1, 0.15) is 0 Å². The van der Waals surface area contributed by atoms with Gasteiger partial charge in [0.15, 0.2) is 0 Å². The molecule has 11 heterocycles. The Kier molecular flexibility index (Phi) is 15.2. The van der Waals surface area contributed by atoms with E-state index in [-0.39, 0.29) is 0 Å². The summed E-state index contributed by atoms with van der Waals surface area (Å²) >= 11 is 7.02. The monoisotopic (exact) mass is 1260 g/mol. The van der Waals surface area contributed by atoms with Crippen molar-refractivity contribution in [3.05, 3.63) is 0 Å². The quantitative estimate of drug-likeness (QED) is 0.225. The SMILES string of the molecule is CC1CC2C(C1)C1CC2C2C3CC(C12)C1C2OC(CC2C)C31.CC1CC2C3CC(C)C(S3)C2C1.CC1CC2CC1C1C3CC(C)C(O3)C21.CC1CC2CC1C1C3CC(C21)C1C2SC(CC2C)C31.CC1CC2SC1CC2C.CC1CCC2OC(C)CCC2C1. The molecule has 13 saturated carbocycles. The Morgan fingerprint density at radius 3 is 1.40 bits per heavy atom. The van der Waals surface area contributed by atoms with Gasteiger partial charge < -0.3 is 14.2 Å². The van der Waals surface area contributed by atoms with Crippen molar-refractivity contribution in [2.45, 2.75) is 292 Å². The first-order valence-electron chi connectivity index (χ1n) is 40.4. The third kappa shape index (κ3) is 9.01. The van der Waals surface area contributed by atoms with Crippen LogP contribution in [0, 0.1) is 213 Å². The van der Waals surface area contributed by atoms with E-state index in [0.29, 0.717) is 36.6 Å². The lowest BCUT2D eigenvalue weighted by Gasteiger charge is -2.47. The molecule has 0 radical (unpaired) electrons. The summed E-state index contributed by atoms with van der Waals surface area (Å²) in [5.74, 6) is 38.7. The summed E-state index contributed by atoms with van der Waals surface area (Å²) in [5, 5.41) is 6.37. The molecule has 6 heteroatoms. The molecule has 24 fully saturated rings. The van der Waals surface area contributed by atoms with Gasteiger partial charge in [-0.15, -0.1) is 0 Å². The maximum atomic E-state index is 6.50. The molecule has 11 aliphatic heterocycles. The van der Waals surface area contributed by atoms with Crippen LogP contribution in [0.5, 0.6) is 0 Å². The lowest BCUT2D eigenvalue weighted by molar-refractivity contribution is -0.0977. The van der Waals surface area contributed by atoms with E-state index in [1.165, 1.54) is 112 Å². The Labute approximate surface area is 551 Å². The molecule has 0 aromatic rings. The second kappa shape index (κ2) is 22.2. The molecule has 0 spiro atoms. The van der Waals surface area contributed by atoms with Crippen LogP contribution in [0.4, 0.5) is 0 Å². The van der Waals surface area contributed by atoms with Crippen molar-refractivity contribution in [3.63, 3.8) is 0 Å². The van der Waals surface area contributed by atoms with Gasteiger partial charge in [-0.05, 0) is 361 Å². The minimum absolute atomic E-state index is 0.527. The zero-order chi connectivity index (χ0) is 59.5. The van der Waals surface area contributed by atoms with E-state index >= 15 is 0 Å². The summed E-state index contributed by atoms with van der Waals surface area (Å²) in [7, 11) is 0. The number of thioether (sulfide) groups is 3. The van der Waals surface area contributed by atoms with Crippen LogP contribution in [-0.2, 0) is 14.2 Å². The van der Waals surface area contributed by atoms with Gasteiger partial charge >= 0.3 is 0 Å². The van der Waals surface area contributed by atoms with Gasteiger partial charge in [-0.3, -0.25) is 0 Å². The summed E-state index contributed by atoms with van der Waals surface area (Å²) in [6.07, 6.45) is 37.0.